The molecule has 0 amide bonds. The Kier molecular flexibility index (Phi) is 2.45. The maximum Gasteiger partial charge on any atom is 0.231 e. The third kappa shape index (κ3) is 1.72. The van der Waals surface area contributed by atoms with Gasteiger partial charge in [0.05, 0.1) is 19.6 Å². The lowest BCUT2D eigenvalue weighted by Gasteiger charge is -2.02. The van der Waals surface area contributed by atoms with E-state index in [1.165, 1.54) is 0 Å². The standard InChI is InChI=1S/C10H6BFN2O/c11-4-8(15)6-2-1-3-7-10(6)14-9(12)5-13-7/h1-3,5H,4H2. The molecule has 1 heterocycles. The number of fused-ring (bicyclic) bond motifs is 1. The number of halogens is 1. The van der Waals surface area contributed by atoms with Gasteiger partial charge < -0.3 is 0 Å². The van der Waals surface area contributed by atoms with Crippen LogP contribution in [0.15, 0.2) is 24.4 Å². The van der Waals surface area contributed by atoms with Crippen molar-refractivity contribution < 1.29 is 9.18 Å². The fourth-order valence-corrected chi connectivity index (χ4v) is 1.35. The average molecular weight is 200 g/mol. The summed E-state index contributed by atoms with van der Waals surface area (Å²) >= 11 is 0. The van der Waals surface area contributed by atoms with Crippen molar-refractivity contribution in [1.29, 1.82) is 0 Å². The van der Waals surface area contributed by atoms with Crippen LogP contribution in [0, 0.1) is 5.95 Å². The second kappa shape index (κ2) is 3.77. The highest BCUT2D eigenvalue weighted by Crippen LogP contribution is 2.16. The molecule has 1 aromatic heterocycles. The van der Waals surface area contributed by atoms with Crippen LogP contribution in [0.4, 0.5) is 4.39 Å². The van der Waals surface area contributed by atoms with Gasteiger partial charge in [-0.05, 0) is 18.5 Å². The molecule has 0 spiro atoms. The van der Waals surface area contributed by atoms with E-state index in [9.17, 15) is 9.18 Å². The lowest BCUT2D eigenvalue weighted by atomic mass is 9.95. The third-order valence-corrected chi connectivity index (χ3v) is 2.03. The molecule has 0 aliphatic heterocycles. The summed E-state index contributed by atoms with van der Waals surface area (Å²) < 4.78 is 12.9. The first-order valence-corrected chi connectivity index (χ1v) is 4.37. The fraction of sp³-hybridized carbons (Fsp3) is 0.100. The summed E-state index contributed by atoms with van der Waals surface area (Å²) in [5, 5.41) is 0. The molecule has 0 aliphatic carbocycles. The number of ketones is 1. The van der Waals surface area contributed by atoms with Gasteiger partial charge in [0, 0.05) is 5.56 Å². The second-order valence-corrected chi connectivity index (χ2v) is 2.99. The minimum absolute atomic E-state index is 0.128. The number of carbonyl (C=O) groups excluding carboxylic acids is 1. The molecule has 2 rings (SSSR count). The number of nitrogens with zero attached hydrogens (tertiary/aromatic N) is 2. The first-order valence-electron chi connectivity index (χ1n) is 4.37. The Hall–Kier alpha value is -1.78. The molecule has 72 valence electrons. The van der Waals surface area contributed by atoms with Crippen LogP contribution in [0.2, 0.25) is 6.32 Å². The van der Waals surface area contributed by atoms with E-state index < -0.39 is 5.95 Å². The fourth-order valence-electron chi connectivity index (χ4n) is 1.35. The van der Waals surface area contributed by atoms with Gasteiger partial charge >= 0.3 is 0 Å². The molecule has 0 bridgehead atoms. The Balaban J connectivity index is 2.74. The molecule has 0 saturated carbocycles. The van der Waals surface area contributed by atoms with Crippen LogP contribution < -0.4 is 0 Å². The van der Waals surface area contributed by atoms with Crippen molar-refractivity contribution in [3.05, 3.63) is 35.9 Å². The van der Waals surface area contributed by atoms with E-state index in [0.717, 1.165) is 6.20 Å². The third-order valence-electron chi connectivity index (χ3n) is 2.03. The smallest absolute Gasteiger partial charge is 0.231 e. The lowest BCUT2D eigenvalue weighted by Crippen LogP contribution is -2.01. The molecule has 1 aromatic carbocycles. The van der Waals surface area contributed by atoms with Crippen molar-refractivity contribution in [2.24, 2.45) is 0 Å². The van der Waals surface area contributed by atoms with Crippen LogP contribution in [0.25, 0.3) is 11.0 Å². The Bertz CT molecular complexity index is 530. The highest BCUT2D eigenvalue weighted by molar-refractivity contribution is 6.25. The van der Waals surface area contributed by atoms with E-state index in [0.29, 0.717) is 11.1 Å². The summed E-state index contributed by atoms with van der Waals surface area (Å²) in [6.07, 6.45) is 0.885. The molecule has 5 heteroatoms. The molecule has 15 heavy (non-hydrogen) atoms. The quantitative estimate of drug-likeness (QED) is 0.545. The number of hydrogen-bond donors (Lipinski definition) is 0. The van der Waals surface area contributed by atoms with Crippen LogP contribution in [0.5, 0.6) is 0 Å². The van der Waals surface area contributed by atoms with Gasteiger partial charge in [0.2, 0.25) is 5.95 Å². The molecular weight excluding hydrogens is 194 g/mol. The molecule has 2 radical (unpaired) electrons. The second-order valence-electron chi connectivity index (χ2n) is 2.99. The molecule has 0 aliphatic rings. The van der Waals surface area contributed by atoms with Crippen molar-refractivity contribution in [1.82, 2.24) is 9.97 Å². The number of hydrogen-bond acceptors (Lipinski definition) is 3. The lowest BCUT2D eigenvalue weighted by molar-refractivity contribution is 0.101. The predicted molar refractivity (Wildman–Crippen MR) is 54.4 cm³/mol. The van der Waals surface area contributed by atoms with E-state index in [2.05, 4.69) is 9.97 Å². The average Bonchev–Trinajstić information content (AvgIpc) is 2.27. The van der Waals surface area contributed by atoms with Crippen molar-refractivity contribution in [3.63, 3.8) is 0 Å². The molecule has 0 fully saturated rings. The van der Waals surface area contributed by atoms with Crippen molar-refractivity contribution >= 4 is 24.7 Å². The van der Waals surface area contributed by atoms with Gasteiger partial charge in [-0.3, -0.25) is 4.79 Å². The molecule has 0 unspecified atom stereocenters. The number of benzene rings is 1. The van der Waals surface area contributed by atoms with Gasteiger partial charge in [-0.2, -0.15) is 4.39 Å². The normalized spacial score (nSPS) is 10.5. The topological polar surface area (TPSA) is 42.9 Å². The minimum Gasteiger partial charge on any atom is -0.295 e. The van der Waals surface area contributed by atoms with Crippen LogP contribution >= 0.6 is 0 Å². The van der Waals surface area contributed by atoms with Crippen LogP contribution in [0.1, 0.15) is 10.4 Å². The van der Waals surface area contributed by atoms with E-state index in [1.807, 2.05) is 0 Å². The number of para-hydroxylation sites is 1. The Morgan fingerprint density at radius 3 is 3.00 bits per heavy atom. The summed E-state index contributed by atoms with van der Waals surface area (Å²) in [6, 6.07) is 4.89. The Morgan fingerprint density at radius 1 is 1.47 bits per heavy atom. The zero-order valence-electron chi connectivity index (χ0n) is 7.77. The molecule has 0 atom stereocenters. The number of Topliss-reactive ketones (excluding diaryl/α,β-unsaturated/α-hetero) is 1. The molecule has 0 saturated heterocycles. The largest absolute Gasteiger partial charge is 0.295 e. The van der Waals surface area contributed by atoms with Gasteiger partial charge in [-0.15, -0.1) is 0 Å². The zero-order valence-corrected chi connectivity index (χ0v) is 7.77. The minimum atomic E-state index is -0.709. The van der Waals surface area contributed by atoms with Gasteiger partial charge in [-0.25, -0.2) is 9.97 Å². The van der Waals surface area contributed by atoms with Gasteiger partial charge in [-0.1, -0.05) is 6.07 Å². The van der Waals surface area contributed by atoms with Crippen LogP contribution in [0.3, 0.4) is 0 Å². The van der Waals surface area contributed by atoms with Crippen molar-refractivity contribution in [3.8, 4) is 0 Å². The van der Waals surface area contributed by atoms with Gasteiger partial charge in [0.1, 0.15) is 5.52 Å². The molecule has 2 aromatic rings. The molecule has 0 N–H and O–H groups in total. The first kappa shape index (κ1) is 9.77. The maximum atomic E-state index is 12.9. The Labute approximate surface area is 86.8 Å². The number of carbonyl (C=O) groups is 1. The van der Waals surface area contributed by atoms with Crippen molar-refractivity contribution in [2.75, 3.05) is 0 Å². The summed E-state index contributed by atoms with van der Waals surface area (Å²) in [5.74, 6) is -0.986. The highest BCUT2D eigenvalue weighted by Gasteiger charge is 2.10. The Morgan fingerprint density at radius 2 is 2.27 bits per heavy atom. The summed E-state index contributed by atoms with van der Waals surface area (Å²) in [6.45, 7) is 0. The molecular formula is C10H6BFN2O. The SMILES string of the molecule is [B]CC(=O)c1cccc2ncc(F)nc12. The van der Waals surface area contributed by atoms with Crippen LogP contribution in [-0.2, 0) is 0 Å². The number of aromatic nitrogens is 2. The predicted octanol–water partition coefficient (Wildman–Crippen LogP) is 1.54. The van der Waals surface area contributed by atoms with Crippen molar-refractivity contribution in [2.45, 2.75) is 6.32 Å². The first-order chi connectivity index (χ1) is 7.22. The summed E-state index contributed by atoms with van der Waals surface area (Å²) in [7, 11) is 5.24. The maximum absolute atomic E-state index is 12.9. The van der Waals surface area contributed by atoms with E-state index >= 15 is 0 Å². The summed E-state index contributed by atoms with van der Waals surface area (Å²) in [5.41, 5.74) is 1.05. The number of rotatable bonds is 2. The van der Waals surface area contributed by atoms with E-state index in [-0.39, 0.29) is 17.6 Å². The zero-order chi connectivity index (χ0) is 10.8. The molecule has 3 nitrogen and oxygen atoms in total. The van der Waals surface area contributed by atoms with Gasteiger partial charge in [0.25, 0.3) is 0 Å². The van der Waals surface area contributed by atoms with Gasteiger partial charge in [0.15, 0.2) is 5.78 Å². The summed E-state index contributed by atoms with van der Waals surface area (Å²) in [4.78, 5) is 18.9. The monoisotopic (exact) mass is 200 g/mol. The van der Waals surface area contributed by atoms with E-state index in [4.69, 9.17) is 7.85 Å². The van der Waals surface area contributed by atoms with E-state index in [1.54, 1.807) is 18.2 Å². The van der Waals surface area contributed by atoms with Crippen LogP contribution in [-0.4, -0.2) is 23.6 Å². The highest BCUT2D eigenvalue weighted by atomic mass is 19.1.